The van der Waals surface area contributed by atoms with Crippen LogP contribution in [0.2, 0.25) is 0 Å². The van der Waals surface area contributed by atoms with Crippen molar-refractivity contribution in [1.82, 2.24) is 0 Å². The van der Waals surface area contributed by atoms with Gasteiger partial charge in [0.1, 0.15) is 5.70 Å². The smallest absolute Gasteiger partial charge is 0.258 e. The number of hydrogen-bond acceptors (Lipinski definition) is 4. The summed E-state index contributed by atoms with van der Waals surface area (Å²) in [5, 5.41) is 11.8. The molecule has 58 valence electrons. The fourth-order valence-corrected chi connectivity index (χ4v) is 1.27. The van der Waals surface area contributed by atoms with E-state index < -0.39 is 4.92 Å². The van der Waals surface area contributed by atoms with Gasteiger partial charge in [-0.2, -0.15) is 0 Å². The monoisotopic (exact) mass is 170 g/mol. The number of thiophene rings is 1. The van der Waals surface area contributed by atoms with Gasteiger partial charge in [-0.3, -0.25) is 10.1 Å². The molecule has 0 bridgehead atoms. The quantitative estimate of drug-likeness (QED) is 0.537. The molecule has 1 rings (SSSR count). The second kappa shape index (κ2) is 3.16. The summed E-state index contributed by atoms with van der Waals surface area (Å²) in [5.74, 6) is 0. The predicted octanol–water partition coefficient (Wildman–Crippen LogP) is 1.28. The molecule has 0 spiro atoms. The predicted molar refractivity (Wildman–Crippen MR) is 43.5 cm³/mol. The van der Waals surface area contributed by atoms with Gasteiger partial charge in [-0.25, -0.2) is 0 Å². The third kappa shape index (κ3) is 2.05. The summed E-state index contributed by atoms with van der Waals surface area (Å²) in [5.41, 5.74) is 5.57. The third-order valence-electron chi connectivity index (χ3n) is 1.05. The molecule has 0 saturated heterocycles. The summed E-state index contributed by atoms with van der Waals surface area (Å²) in [4.78, 5) is 10.1. The molecule has 5 heteroatoms. The van der Waals surface area contributed by atoms with Gasteiger partial charge in [0.15, 0.2) is 0 Å². The van der Waals surface area contributed by atoms with Crippen LogP contribution in [0.15, 0.2) is 23.7 Å². The van der Waals surface area contributed by atoms with Crippen molar-refractivity contribution in [3.05, 3.63) is 38.7 Å². The molecule has 1 aromatic rings. The average Bonchev–Trinajstić information content (AvgIpc) is 2.35. The van der Waals surface area contributed by atoms with Crippen molar-refractivity contribution in [3.8, 4) is 0 Å². The molecule has 11 heavy (non-hydrogen) atoms. The van der Waals surface area contributed by atoms with Crippen LogP contribution in [0.4, 0.5) is 0 Å². The lowest BCUT2D eigenvalue weighted by atomic mass is 10.4. The van der Waals surface area contributed by atoms with Crippen molar-refractivity contribution in [2.45, 2.75) is 0 Å². The first-order valence-corrected chi connectivity index (χ1v) is 3.73. The standard InChI is InChI=1S/C6H6N2O2S/c7-5(4-8(9)10)6-2-1-3-11-6/h1-4H,7H2. The Morgan fingerprint density at radius 2 is 2.55 bits per heavy atom. The molecule has 4 nitrogen and oxygen atoms in total. The van der Waals surface area contributed by atoms with Crippen LogP contribution in [0.25, 0.3) is 5.70 Å². The average molecular weight is 170 g/mol. The van der Waals surface area contributed by atoms with Gasteiger partial charge in [0.2, 0.25) is 0 Å². The number of rotatable bonds is 2. The van der Waals surface area contributed by atoms with Crippen LogP contribution in [0.3, 0.4) is 0 Å². The Labute approximate surface area is 67.1 Å². The van der Waals surface area contributed by atoms with E-state index in [9.17, 15) is 10.1 Å². The fraction of sp³-hybridized carbons (Fsp3) is 0. The normalized spacial score (nSPS) is 11.5. The van der Waals surface area contributed by atoms with Gasteiger partial charge in [-0.15, -0.1) is 11.3 Å². The molecule has 0 aliphatic rings. The minimum Gasteiger partial charge on any atom is -0.393 e. The maximum absolute atomic E-state index is 9.96. The Hall–Kier alpha value is -1.36. The van der Waals surface area contributed by atoms with Crippen LogP contribution >= 0.6 is 11.3 Å². The maximum Gasteiger partial charge on any atom is 0.258 e. The molecule has 1 aromatic heterocycles. The largest absolute Gasteiger partial charge is 0.393 e. The van der Waals surface area contributed by atoms with E-state index in [4.69, 9.17) is 5.73 Å². The Bertz CT molecular complexity index is 279. The highest BCUT2D eigenvalue weighted by Gasteiger charge is 2.00. The second-order valence-electron chi connectivity index (χ2n) is 1.85. The van der Waals surface area contributed by atoms with Crippen LogP contribution in [0.5, 0.6) is 0 Å². The highest BCUT2D eigenvalue weighted by atomic mass is 32.1. The van der Waals surface area contributed by atoms with Crippen molar-refractivity contribution in [1.29, 1.82) is 0 Å². The van der Waals surface area contributed by atoms with Crippen LogP contribution in [0.1, 0.15) is 4.88 Å². The van der Waals surface area contributed by atoms with E-state index in [1.807, 2.05) is 5.38 Å². The van der Waals surface area contributed by atoms with Crippen LogP contribution in [-0.4, -0.2) is 4.92 Å². The minimum atomic E-state index is -0.560. The summed E-state index contributed by atoms with van der Waals surface area (Å²) >= 11 is 1.38. The molecule has 0 saturated carbocycles. The maximum atomic E-state index is 9.96. The van der Waals surface area contributed by atoms with Crippen molar-refractivity contribution in [2.24, 2.45) is 5.73 Å². The summed E-state index contributed by atoms with van der Waals surface area (Å²) in [6, 6.07) is 3.53. The van der Waals surface area contributed by atoms with Gasteiger partial charge < -0.3 is 5.73 Å². The first-order chi connectivity index (χ1) is 5.20. The molecule has 0 radical (unpaired) electrons. The highest BCUT2D eigenvalue weighted by molar-refractivity contribution is 7.11. The van der Waals surface area contributed by atoms with E-state index in [1.54, 1.807) is 12.1 Å². The van der Waals surface area contributed by atoms with E-state index in [0.717, 1.165) is 11.1 Å². The van der Waals surface area contributed by atoms with Gasteiger partial charge in [-0.1, -0.05) is 6.07 Å². The first kappa shape index (κ1) is 7.74. The lowest BCUT2D eigenvalue weighted by molar-refractivity contribution is -0.401. The van der Waals surface area contributed by atoms with Gasteiger partial charge in [-0.05, 0) is 11.4 Å². The molecular weight excluding hydrogens is 164 g/mol. The molecule has 0 aromatic carbocycles. The summed E-state index contributed by atoms with van der Waals surface area (Å²) in [6.45, 7) is 0. The Balaban J connectivity index is 2.86. The summed E-state index contributed by atoms with van der Waals surface area (Å²) in [7, 11) is 0. The van der Waals surface area contributed by atoms with Crippen LogP contribution in [0, 0.1) is 10.1 Å². The molecule has 2 N–H and O–H groups in total. The Kier molecular flexibility index (Phi) is 2.22. The number of nitro groups is 1. The van der Waals surface area contributed by atoms with Gasteiger partial charge in [0.25, 0.3) is 6.20 Å². The van der Waals surface area contributed by atoms with E-state index in [-0.39, 0.29) is 5.70 Å². The zero-order chi connectivity index (χ0) is 8.27. The summed E-state index contributed by atoms with van der Waals surface area (Å²) < 4.78 is 0. The van der Waals surface area contributed by atoms with Crippen molar-refractivity contribution < 1.29 is 4.92 Å². The second-order valence-corrected chi connectivity index (χ2v) is 2.79. The van der Waals surface area contributed by atoms with E-state index in [2.05, 4.69) is 0 Å². The lowest BCUT2D eigenvalue weighted by Gasteiger charge is -1.89. The van der Waals surface area contributed by atoms with Gasteiger partial charge in [0, 0.05) is 0 Å². The SMILES string of the molecule is NC(=C[N+](=O)[O-])c1cccs1. The Morgan fingerprint density at radius 3 is 3.00 bits per heavy atom. The molecule has 1 heterocycles. The summed E-state index contributed by atoms with van der Waals surface area (Å²) in [6.07, 6.45) is 0.797. The lowest BCUT2D eigenvalue weighted by Crippen LogP contribution is -1.97. The molecular formula is C6H6N2O2S. The fourth-order valence-electron chi connectivity index (χ4n) is 0.620. The number of nitrogens with zero attached hydrogens (tertiary/aromatic N) is 1. The van der Waals surface area contributed by atoms with Gasteiger partial charge >= 0.3 is 0 Å². The van der Waals surface area contributed by atoms with E-state index >= 15 is 0 Å². The van der Waals surface area contributed by atoms with Crippen LogP contribution in [-0.2, 0) is 0 Å². The van der Waals surface area contributed by atoms with Crippen LogP contribution < -0.4 is 5.73 Å². The van der Waals surface area contributed by atoms with E-state index in [1.165, 1.54) is 11.3 Å². The topological polar surface area (TPSA) is 69.2 Å². The number of hydrogen-bond donors (Lipinski definition) is 1. The minimum absolute atomic E-state index is 0.199. The molecule has 0 aliphatic heterocycles. The third-order valence-corrected chi connectivity index (χ3v) is 1.97. The Morgan fingerprint density at radius 1 is 1.82 bits per heavy atom. The molecule has 0 aliphatic carbocycles. The van der Waals surface area contributed by atoms with E-state index in [0.29, 0.717) is 0 Å². The van der Waals surface area contributed by atoms with Gasteiger partial charge in [0.05, 0.1) is 9.80 Å². The zero-order valence-corrected chi connectivity index (χ0v) is 6.38. The number of nitrogens with two attached hydrogens (primary N) is 1. The van der Waals surface area contributed by atoms with Crippen molar-refractivity contribution >= 4 is 17.0 Å². The highest BCUT2D eigenvalue weighted by Crippen LogP contribution is 2.14. The van der Waals surface area contributed by atoms with Crippen molar-refractivity contribution in [3.63, 3.8) is 0 Å². The molecule has 0 amide bonds. The van der Waals surface area contributed by atoms with Crippen molar-refractivity contribution in [2.75, 3.05) is 0 Å². The zero-order valence-electron chi connectivity index (χ0n) is 5.56. The first-order valence-electron chi connectivity index (χ1n) is 2.85. The molecule has 0 atom stereocenters. The molecule has 0 fully saturated rings. The molecule has 0 unspecified atom stereocenters.